The standard InChI is InChI=1S/C13H20N2O/c1-10(2)16-12-7-11(8-14-9-12)13-5-3-4-6-15-13/h7-10,13,15H,3-6H2,1-2H3. The van der Waals surface area contributed by atoms with Crippen molar-refractivity contribution in [2.45, 2.75) is 45.3 Å². The summed E-state index contributed by atoms with van der Waals surface area (Å²) in [7, 11) is 0. The number of ether oxygens (including phenoxy) is 1. The average Bonchev–Trinajstić information content (AvgIpc) is 2.30. The van der Waals surface area contributed by atoms with E-state index in [9.17, 15) is 0 Å². The fourth-order valence-electron chi connectivity index (χ4n) is 2.10. The Labute approximate surface area is 97.2 Å². The van der Waals surface area contributed by atoms with E-state index in [1.54, 1.807) is 6.20 Å². The van der Waals surface area contributed by atoms with Gasteiger partial charge in [0.15, 0.2) is 0 Å². The van der Waals surface area contributed by atoms with E-state index in [4.69, 9.17) is 4.74 Å². The summed E-state index contributed by atoms with van der Waals surface area (Å²) in [6.45, 7) is 5.18. The maximum Gasteiger partial charge on any atom is 0.138 e. The smallest absolute Gasteiger partial charge is 0.138 e. The molecule has 0 aromatic carbocycles. The highest BCUT2D eigenvalue weighted by molar-refractivity contribution is 5.26. The van der Waals surface area contributed by atoms with Gasteiger partial charge in [0, 0.05) is 12.2 Å². The van der Waals surface area contributed by atoms with Gasteiger partial charge >= 0.3 is 0 Å². The first kappa shape index (κ1) is 11.4. The minimum atomic E-state index is 0.205. The van der Waals surface area contributed by atoms with Crippen LogP contribution >= 0.6 is 0 Å². The molecule has 1 unspecified atom stereocenters. The van der Waals surface area contributed by atoms with Crippen molar-refractivity contribution in [3.05, 3.63) is 24.0 Å². The maximum atomic E-state index is 5.66. The molecule has 0 spiro atoms. The van der Waals surface area contributed by atoms with Crippen LogP contribution in [0.3, 0.4) is 0 Å². The number of hydrogen-bond donors (Lipinski definition) is 1. The molecule has 0 aliphatic carbocycles. The van der Waals surface area contributed by atoms with Gasteiger partial charge in [-0.25, -0.2) is 0 Å². The van der Waals surface area contributed by atoms with Gasteiger partial charge in [0.05, 0.1) is 12.3 Å². The van der Waals surface area contributed by atoms with Gasteiger partial charge in [0.2, 0.25) is 0 Å². The Morgan fingerprint density at radius 1 is 1.38 bits per heavy atom. The van der Waals surface area contributed by atoms with E-state index in [2.05, 4.69) is 16.4 Å². The highest BCUT2D eigenvalue weighted by atomic mass is 16.5. The predicted octanol–water partition coefficient (Wildman–Crippen LogP) is 2.68. The molecule has 1 aromatic rings. The van der Waals surface area contributed by atoms with Crippen molar-refractivity contribution in [3.8, 4) is 5.75 Å². The van der Waals surface area contributed by atoms with Gasteiger partial charge in [-0.15, -0.1) is 0 Å². The molecule has 0 saturated carbocycles. The molecule has 1 aliphatic heterocycles. The molecule has 1 saturated heterocycles. The van der Waals surface area contributed by atoms with Crippen molar-refractivity contribution >= 4 is 0 Å². The molecule has 1 N–H and O–H groups in total. The van der Waals surface area contributed by atoms with E-state index >= 15 is 0 Å². The van der Waals surface area contributed by atoms with E-state index < -0.39 is 0 Å². The molecule has 1 aliphatic rings. The molecule has 16 heavy (non-hydrogen) atoms. The largest absolute Gasteiger partial charge is 0.489 e. The van der Waals surface area contributed by atoms with Crippen LogP contribution in [0.15, 0.2) is 18.5 Å². The van der Waals surface area contributed by atoms with Crippen LogP contribution in [0.4, 0.5) is 0 Å². The lowest BCUT2D eigenvalue weighted by Crippen LogP contribution is -2.26. The van der Waals surface area contributed by atoms with Gasteiger partial charge in [-0.2, -0.15) is 0 Å². The zero-order chi connectivity index (χ0) is 11.4. The van der Waals surface area contributed by atoms with E-state index in [1.165, 1.54) is 24.8 Å². The summed E-state index contributed by atoms with van der Waals surface area (Å²) in [5, 5.41) is 3.52. The first-order valence-electron chi connectivity index (χ1n) is 6.10. The number of aromatic nitrogens is 1. The average molecular weight is 220 g/mol. The Balaban J connectivity index is 2.08. The SMILES string of the molecule is CC(C)Oc1cncc(C2CCCCN2)c1. The fourth-order valence-corrected chi connectivity index (χ4v) is 2.10. The van der Waals surface area contributed by atoms with E-state index in [-0.39, 0.29) is 6.10 Å². The van der Waals surface area contributed by atoms with Gasteiger partial charge in [0.25, 0.3) is 0 Å². The topological polar surface area (TPSA) is 34.1 Å². The van der Waals surface area contributed by atoms with Gasteiger partial charge in [-0.05, 0) is 44.9 Å². The number of hydrogen-bond acceptors (Lipinski definition) is 3. The van der Waals surface area contributed by atoms with Gasteiger partial charge in [-0.1, -0.05) is 6.42 Å². The third-order valence-corrected chi connectivity index (χ3v) is 2.82. The van der Waals surface area contributed by atoms with Gasteiger partial charge in [-0.3, -0.25) is 4.98 Å². The zero-order valence-corrected chi connectivity index (χ0v) is 10.1. The Hall–Kier alpha value is -1.09. The molecule has 2 heterocycles. The minimum Gasteiger partial charge on any atom is -0.489 e. The van der Waals surface area contributed by atoms with Crippen molar-refractivity contribution in [2.75, 3.05) is 6.54 Å². The summed E-state index contributed by atoms with van der Waals surface area (Å²) in [4.78, 5) is 4.25. The number of nitrogens with zero attached hydrogens (tertiary/aromatic N) is 1. The number of pyridine rings is 1. The maximum absolute atomic E-state index is 5.66. The monoisotopic (exact) mass is 220 g/mol. The quantitative estimate of drug-likeness (QED) is 0.850. The minimum absolute atomic E-state index is 0.205. The second-order valence-electron chi connectivity index (χ2n) is 4.62. The first-order valence-corrected chi connectivity index (χ1v) is 6.10. The summed E-state index contributed by atoms with van der Waals surface area (Å²) < 4.78 is 5.66. The van der Waals surface area contributed by atoms with Crippen LogP contribution < -0.4 is 10.1 Å². The summed E-state index contributed by atoms with van der Waals surface area (Å²) in [6, 6.07) is 2.56. The van der Waals surface area contributed by atoms with Crippen molar-refractivity contribution < 1.29 is 4.74 Å². The Morgan fingerprint density at radius 3 is 2.94 bits per heavy atom. The second kappa shape index (κ2) is 5.30. The van der Waals surface area contributed by atoms with Crippen molar-refractivity contribution in [2.24, 2.45) is 0 Å². The van der Waals surface area contributed by atoms with E-state index in [1.807, 2.05) is 20.0 Å². The third kappa shape index (κ3) is 2.95. The summed E-state index contributed by atoms with van der Waals surface area (Å²) in [5.41, 5.74) is 1.25. The van der Waals surface area contributed by atoms with Gasteiger partial charge in [0.1, 0.15) is 5.75 Å². The lowest BCUT2D eigenvalue weighted by molar-refractivity contribution is 0.241. The molecule has 88 valence electrons. The molecule has 1 fully saturated rings. The van der Waals surface area contributed by atoms with Crippen LogP contribution in [0.25, 0.3) is 0 Å². The Kier molecular flexibility index (Phi) is 3.78. The van der Waals surface area contributed by atoms with E-state index in [0.717, 1.165) is 12.3 Å². The van der Waals surface area contributed by atoms with Crippen molar-refractivity contribution in [1.82, 2.24) is 10.3 Å². The summed E-state index contributed by atoms with van der Waals surface area (Å²) in [6.07, 6.45) is 7.71. The lowest BCUT2D eigenvalue weighted by Gasteiger charge is -2.24. The number of rotatable bonds is 3. The van der Waals surface area contributed by atoms with Crippen molar-refractivity contribution in [1.29, 1.82) is 0 Å². The number of nitrogens with one attached hydrogen (secondary N) is 1. The third-order valence-electron chi connectivity index (χ3n) is 2.82. The van der Waals surface area contributed by atoms with Crippen LogP contribution in [-0.4, -0.2) is 17.6 Å². The second-order valence-corrected chi connectivity index (χ2v) is 4.62. The van der Waals surface area contributed by atoms with Crippen LogP contribution in [0.1, 0.15) is 44.7 Å². The fraction of sp³-hybridized carbons (Fsp3) is 0.615. The van der Waals surface area contributed by atoms with Crippen molar-refractivity contribution in [3.63, 3.8) is 0 Å². The van der Waals surface area contributed by atoms with Gasteiger partial charge < -0.3 is 10.1 Å². The Bertz CT molecular complexity index is 332. The highest BCUT2D eigenvalue weighted by Crippen LogP contribution is 2.25. The molecule has 0 amide bonds. The summed E-state index contributed by atoms with van der Waals surface area (Å²) in [5.74, 6) is 0.875. The van der Waals surface area contributed by atoms with Crippen LogP contribution in [-0.2, 0) is 0 Å². The lowest BCUT2D eigenvalue weighted by atomic mass is 9.99. The van der Waals surface area contributed by atoms with Crippen LogP contribution in [0, 0.1) is 0 Å². The molecule has 0 radical (unpaired) electrons. The summed E-state index contributed by atoms with van der Waals surface area (Å²) >= 11 is 0. The van der Waals surface area contributed by atoms with Crippen LogP contribution in [0.5, 0.6) is 5.75 Å². The molecule has 2 rings (SSSR count). The first-order chi connectivity index (χ1) is 7.75. The molecular formula is C13H20N2O. The normalized spacial score (nSPS) is 21.1. The van der Waals surface area contributed by atoms with Crippen LogP contribution in [0.2, 0.25) is 0 Å². The zero-order valence-electron chi connectivity index (χ0n) is 10.1. The molecule has 1 aromatic heterocycles. The molecule has 0 bridgehead atoms. The number of piperidine rings is 1. The Morgan fingerprint density at radius 2 is 2.25 bits per heavy atom. The molecule has 1 atom stereocenters. The molecule has 3 nitrogen and oxygen atoms in total. The highest BCUT2D eigenvalue weighted by Gasteiger charge is 2.15. The predicted molar refractivity (Wildman–Crippen MR) is 64.6 cm³/mol. The molecule has 3 heteroatoms. The molecular weight excluding hydrogens is 200 g/mol. The van der Waals surface area contributed by atoms with E-state index in [0.29, 0.717) is 6.04 Å².